The molecule has 0 aliphatic heterocycles. The Hall–Kier alpha value is -1.09. The maximum absolute atomic E-state index is 13.5. The van der Waals surface area contributed by atoms with Crippen LogP contribution in [0.4, 0.5) is 4.39 Å². The van der Waals surface area contributed by atoms with Gasteiger partial charge in [0, 0.05) is 6.07 Å². The molecule has 3 aliphatic carbocycles. The van der Waals surface area contributed by atoms with Gasteiger partial charge in [-0.1, -0.05) is 24.9 Å². The fourth-order valence-corrected chi connectivity index (χ4v) is 6.27. The van der Waals surface area contributed by atoms with Gasteiger partial charge in [0.2, 0.25) is 0 Å². The number of rotatable bonds is 3. The molecule has 2 nitrogen and oxygen atoms in total. The van der Waals surface area contributed by atoms with Crippen molar-refractivity contribution < 1.29 is 13.9 Å². The standard InChI is InChI=1S/C24H32ClFO2/c1-15-2-3-20-13-19(9-8-18(20)12-15)16-4-6-17(7-5-16)24(27)28-21-10-11-22(25)23(26)14-21/h10-11,14-20H,2-9,12-13H2,1H3. The third kappa shape index (κ3) is 4.56. The molecule has 4 heteroatoms. The quantitative estimate of drug-likeness (QED) is 0.397. The molecule has 4 rings (SSSR count). The zero-order valence-corrected chi connectivity index (χ0v) is 17.6. The van der Waals surface area contributed by atoms with E-state index < -0.39 is 5.82 Å². The van der Waals surface area contributed by atoms with Crippen molar-refractivity contribution in [2.75, 3.05) is 0 Å². The molecule has 0 saturated heterocycles. The molecule has 3 aliphatic rings. The molecule has 0 spiro atoms. The summed E-state index contributed by atoms with van der Waals surface area (Å²) in [6.45, 7) is 2.42. The monoisotopic (exact) mass is 406 g/mol. The molecule has 0 aromatic heterocycles. The summed E-state index contributed by atoms with van der Waals surface area (Å²) in [5.41, 5.74) is 0. The Balaban J connectivity index is 1.26. The lowest BCUT2D eigenvalue weighted by Crippen LogP contribution is -2.35. The SMILES string of the molecule is CC1CCC2CC(C3CCC(C(=O)Oc4ccc(Cl)c(F)c4)CC3)CCC2C1. The first-order valence-electron chi connectivity index (χ1n) is 11.2. The summed E-state index contributed by atoms with van der Waals surface area (Å²) in [6, 6.07) is 4.17. The van der Waals surface area contributed by atoms with Gasteiger partial charge in [-0.25, -0.2) is 4.39 Å². The summed E-state index contributed by atoms with van der Waals surface area (Å²) in [5, 5.41) is 0.0439. The van der Waals surface area contributed by atoms with Crippen LogP contribution in [0.2, 0.25) is 5.02 Å². The third-order valence-corrected chi connectivity index (χ3v) is 8.10. The molecular formula is C24H32ClFO2. The van der Waals surface area contributed by atoms with Gasteiger partial charge in [0.15, 0.2) is 0 Å². The number of carbonyl (C=O) groups excluding carboxylic acids is 1. The van der Waals surface area contributed by atoms with E-state index in [0.29, 0.717) is 0 Å². The smallest absolute Gasteiger partial charge is 0.314 e. The van der Waals surface area contributed by atoms with E-state index in [0.717, 1.165) is 55.3 Å². The number of esters is 1. The first kappa shape index (κ1) is 20.2. The third-order valence-electron chi connectivity index (χ3n) is 7.80. The van der Waals surface area contributed by atoms with Crippen LogP contribution in [0.5, 0.6) is 5.75 Å². The fraction of sp³-hybridized carbons (Fsp3) is 0.708. The van der Waals surface area contributed by atoms with Crippen LogP contribution in [0.3, 0.4) is 0 Å². The summed E-state index contributed by atoms with van der Waals surface area (Å²) in [7, 11) is 0. The average molecular weight is 407 g/mol. The zero-order valence-electron chi connectivity index (χ0n) is 16.8. The normalized spacial score (nSPS) is 35.8. The van der Waals surface area contributed by atoms with E-state index in [-0.39, 0.29) is 22.7 Å². The summed E-state index contributed by atoms with van der Waals surface area (Å²) < 4.78 is 19.0. The Kier molecular flexibility index (Phi) is 6.30. The van der Waals surface area contributed by atoms with Gasteiger partial charge < -0.3 is 4.74 Å². The molecule has 3 saturated carbocycles. The van der Waals surface area contributed by atoms with Crippen LogP contribution in [-0.2, 0) is 4.79 Å². The summed E-state index contributed by atoms with van der Waals surface area (Å²) >= 11 is 5.69. The van der Waals surface area contributed by atoms with Crippen LogP contribution >= 0.6 is 11.6 Å². The molecule has 0 N–H and O–H groups in total. The van der Waals surface area contributed by atoms with Crippen molar-refractivity contribution in [3.63, 3.8) is 0 Å². The maximum atomic E-state index is 13.5. The van der Waals surface area contributed by atoms with Gasteiger partial charge in [-0.2, -0.15) is 0 Å². The number of carbonyl (C=O) groups is 1. The van der Waals surface area contributed by atoms with Crippen LogP contribution < -0.4 is 4.74 Å². The molecule has 0 bridgehead atoms. The van der Waals surface area contributed by atoms with Crippen LogP contribution in [0.1, 0.15) is 71.1 Å². The van der Waals surface area contributed by atoms with Crippen LogP contribution in [-0.4, -0.2) is 5.97 Å². The molecule has 1 aromatic carbocycles. The van der Waals surface area contributed by atoms with Crippen molar-refractivity contribution >= 4 is 17.6 Å². The summed E-state index contributed by atoms with van der Waals surface area (Å²) in [5.74, 6) is 3.92. The molecule has 0 heterocycles. The maximum Gasteiger partial charge on any atom is 0.314 e. The highest BCUT2D eigenvalue weighted by molar-refractivity contribution is 6.30. The van der Waals surface area contributed by atoms with E-state index in [1.54, 1.807) is 6.07 Å². The highest BCUT2D eigenvalue weighted by Crippen LogP contribution is 2.49. The average Bonchev–Trinajstić information content (AvgIpc) is 2.70. The molecule has 0 radical (unpaired) electrons. The van der Waals surface area contributed by atoms with Gasteiger partial charge in [-0.05, 0) is 99.5 Å². The first-order valence-corrected chi connectivity index (χ1v) is 11.5. The van der Waals surface area contributed by atoms with E-state index in [1.165, 1.54) is 50.7 Å². The van der Waals surface area contributed by atoms with Crippen molar-refractivity contribution in [2.45, 2.75) is 71.1 Å². The molecule has 4 atom stereocenters. The zero-order chi connectivity index (χ0) is 19.7. The first-order chi connectivity index (χ1) is 13.5. The Bertz CT molecular complexity index is 698. The molecule has 28 heavy (non-hydrogen) atoms. The van der Waals surface area contributed by atoms with Crippen molar-refractivity contribution in [3.05, 3.63) is 29.0 Å². The van der Waals surface area contributed by atoms with Crippen LogP contribution in [0.25, 0.3) is 0 Å². The minimum Gasteiger partial charge on any atom is -0.426 e. The molecule has 0 amide bonds. The van der Waals surface area contributed by atoms with Crippen molar-refractivity contribution in [3.8, 4) is 5.75 Å². The number of fused-ring (bicyclic) bond motifs is 1. The number of hydrogen-bond acceptors (Lipinski definition) is 2. The van der Waals surface area contributed by atoms with Gasteiger partial charge in [-0.3, -0.25) is 4.79 Å². The molecule has 1 aromatic rings. The summed E-state index contributed by atoms with van der Waals surface area (Å²) in [6.07, 6.45) is 12.6. The predicted octanol–water partition coefficient (Wildman–Crippen LogP) is 7.04. The number of benzene rings is 1. The summed E-state index contributed by atoms with van der Waals surface area (Å²) in [4.78, 5) is 12.5. The predicted molar refractivity (Wildman–Crippen MR) is 110 cm³/mol. The lowest BCUT2D eigenvalue weighted by Gasteiger charge is -2.44. The Morgan fingerprint density at radius 1 is 0.929 bits per heavy atom. The molecule has 4 unspecified atom stereocenters. The van der Waals surface area contributed by atoms with Crippen LogP contribution in [0.15, 0.2) is 18.2 Å². The highest BCUT2D eigenvalue weighted by Gasteiger charge is 2.38. The molecular weight excluding hydrogens is 375 g/mol. The van der Waals surface area contributed by atoms with Gasteiger partial charge >= 0.3 is 5.97 Å². The number of hydrogen-bond donors (Lipinski definition) is 0. The van der Waals surface area contributed by atoms with Crippen molar-refractivity contribution in [1.29, 1.82) is 0 Å². The Labute approximate surface area is 173 Å². The topological polar surface area (TPSA) is 26.3 Å². The van der Waals surface area contributed by atoms with Gasteiger partial charge in [0.1, 0.15) is 11.6 Å². The number of ether oxygens (including phenoxy) is 1. The van der Waals surface area contributed by atoms with Gasteiger partial charge in [0.25, 0.3) is 0 Å². The van der Waals surface area contributed by atoms with E-state index in [4.69, 9.17) is 16.3 Å². The van der Waals surface area contributed by atoms with Gasteiger partial charge in [-0.15, -0.1) is 0 Å². The Morgan fingerprint density at radius 2 is 1.54 bits per heavy atom. The molecule has 3 fully saturated rings. The molecule has 154 valence electrons. The minimum absolute atomic E-state index is 0.0439. The van der Waals surface area contributed by atoms with E-state index in [1.807, 2.05) is 0 Å². The lowest BCUT2D eigenvalue weighted by atomic mass is 9.61. The fourth-order valence-electron chi connectivity index (χ4n) is 6.15. The van der Waals surface area contributed by atoms with E-state index in [9.17, 15) is 9.18 Å². The van der Waals surface area contributed by atoms with Crippen LogP contribution in [0, 0.1) is 41.3 Å². The Morgan fingerprint density at radius 3 is 2.25 bits per heavy atom. The largest absolute Gasteiger partial charge is 0.426 e. The second-order valence-electron chi connectivity index (χ2n) is 9.62. The minimum atomic E-state index is -0.552. The lowest BCUT2D eigenvalue weighted by molar-refractivity contribution is -0.140. The van der Waals surface area contributed by atoms with E-state index in [2.05, 4.69) is 6.92 Å². The highest BCUT2D eigenvalue weighted by atomic mass is 35.5. The number of halogens is 2. The second-order valence-corrected chi connectivity index (χ2v) is 10.0. The van der Waals surface area contributed by atoms with Crippen molar-refractivity contribution in [1.82, 2.24) is 0 Å². The van der Waals surface area contributed by atoms with Crippen molar-refractivity contribution in [2.24, 2.45) is 35.5 Å². The van der Waals surface area contributed by atoms with Gasteiger partial charge in [0.05, 0.1) is 10.9 Å². The second kappa shape index (κ2) is 8.73. The van der Waals surface area contributed by atoms with E-state index >= 15 is 0 Å².